The van der Waals surface area contributed by atoms with E-state index in [9.17, 15) is 0 Å². The highest BCUT2D eigenvalue weighted by Gasteiger charge is 2.16. The lowest BCUT2D eigenvalue weighted by atomic mass is 10.2. The Balaban J connectivity index is 1.71. The number of hydrogen-bond acceptors (Lipinski definition) is 6. The van der Waals surface area contributed by atoms with E-state index in [0.717, 1.165) is 23.0 Å². The molecule has 0 unspecified atom stereocenters. The second-order valence-electron chi connectivity index (χ2n) is 5.25. The average molecular weight is 290 g/mol. The van der Waals surface area contributed by atoms with Crippen molar-refractivity contribution < 1.29 is 4.52 Å². The van der Waals surface area contributed by atoms with E-state index in [1.165, 1.54) is 12.2 Å². The van der Waals surface area contributed by atoms with Gasteiger partial charge in [-0.3, -0.25) is 0 Å². The van der Waals surface area contributed by atoms with Crippen molar-refractivity contribution in [3.05, 3.63) is 24.2 Å². The maximum absolute atomic E-state index is 5.26. The topological polar surface area (TPSA) is 63.8 Å². The number of hydrogen-bond donors (Lipinski definition) is 1. The lowest BCUT2D eigenvalue weighted by molar-refractivity contribution is 0.419. The molecule has 3 heterocycles. The van der Waals surface area contributed by atoms with Gasteiger partial charge in [0.1, 0.15) is 5.82 Å². The van der Waals surface area contributed by atoms with Gasteiger partial charge in [0.2, 0.25) is 0 Å². The lowest BCUT2D eigenvalue weighted by Gasteiger charge is -2.11. The molecule has 5 nitrogen and oxygen atoms in total. The summed E-state index contributed by atoms with van der Waals surface area (Å²) in [5, 5.41) is 7.41. The molecule has 6 heteroatoms. The molecule has 3 rings (SSSR count). The SMILES string of the molecule is CC(C)c1noc(-c2ccc(N[C@H]3CCSC3)nc2)n1. The zero-order valence-electron chi connectivity index (χ0n) is 11.7. The summed E-state index contributed by atoms with van der Waals surface area (Å²) in [4.78, 5) is 8.80. The maximum Gasteiger partial charge on any atom is 0.259 e. The third-order valence-corrected chi connectivity index (χ3v) is 4.41. The van der Waals surface area contributed by atoms with Crippen LogP contribution in [-0.4, -0.2) is 32.7 Å². The Kier molecular flexibility index (Phi) is 3.91. The van der Waals surface area contributed by atoms with Crippen LogP contribution in [0.1, 0.15) is 32.0 Å². The van der Waals surface area contributed by atoms with Crippen LogP contribution in [0.15, 0.2) is 22.9 Å². The molecular formula is C14H18N4OS. The molecule has 1 atom stereocenters. The minimum Gasteiger partial charge on any atom is -0.366 e. The van der Waals surface area contributed by atoms with Gasteiger partial charge < -0.3 is 9.84 Å². The summed E-state index contributed by atoms with van der Waals surface area (Å²) in [5.41, 5.74) is 0.857. The van der Waals surface area contributed by atoms with Crippen molar-refractivity contribution in [1.82, 2.24) is 15.1 Å². The van der Waals surface area contributed by atoms with Gasteiger partial charge in [0.05, 0.1) is 5.56 Å². The zero-order valence-corrected chi connectivity index (χ0v) is 12.5. The first kappa shape index (κ1) is 13.4. The van der Waals surface area contributed by atoms with Gasteiger partial charge in [-0.1, -0.05) is 19.0 Å². The number of pyridine rings is 1. The van der Waals surface area contributed by atoms with Gasteiger partial charge in [0, 0.05) is 23.9 Å². The molecule has 106 valence electrons. The van der Waals surface area contributed by atoms with Crippen LogP contribution in [0.25, 0.3) is 11.5 Å². The molecule has 1 N–H and O–H groups in total. The number of aromatic nitrogens is 3. The van der Waals surface area contributed by atoms with E-state index in [1.807, 2.05) is 37.7 Å². The van der Waals surface area contributed by atoms with Gasteiger partial charge in [-0.2, -0.15) is 16.7 Å². The summed E-state index contributed by atoms with van der Waals surface area (Å²) in [6, 6.07) is 4.47. The van der Waals surface area contributed by atoms with Crippen LogP contribution in [-0.2, 0) is 0 Å². The van der Waals surface area contributed by atoms with Crippen molar-refractivity contribution >= 4 is 17.6 Å². The van der Waals surface area contributed by atoms with Crippen LogP contribution in [0, 0.1) is 0 Å². The number of nitrogens with zero attached hydrogens (tertiary/aromatic N) is 3. The zero-order chi connectivity index (χ0) is 13.9. The highest BCUT2D eigenvalue weighted by atomic mass is 32.2. The van der Waals surface area contributed by atoms with Crippen LogP contribution in [0.4, 0.5) is 5.82 Å². The predicted molar refractivity (Wildman–Crippen MR) is 81.0 cm³/mol. The Morgan fingerprint density at radius 3 is 2.90 bits per heavy atom. The summed E-state index contributed by atoms with van der Waals surface area (Å²) >= 11 is 1.98. The molecule has 2 aromatic rings. The number of anilines is 1. The van der Waals surface area contributed by atoms with E-state index < -0.39 is 0 Å². The Hall–Kier alpha value is -1.56. The third kappa shape index (κ3) is 2.95. The summed E-state index contributed by atoms with van der Waals surface area (Å²) in [6.07, 6.45) is 2.98. The molecule has 0 aliphatic carbocycles. The predicted octanol–water partition coefficient (Wildman–Crippen LogP) is 3.17. The standard InChI is InChI=1S/C14H18N4OS/c1-9(2)13-17-14(19-18-13)10-3-4-12(15-7-10)16-11-5-6-20-8-11/h3-4,7,9,11H,5-6,8H2,1-2H3,(H,15,16)/t11-/m0/s1. The van der Waals surface area contributed by atoms with Crippen molar-refractivity contribution in [3.8, 4) is 11.5 Å². The molecule has 1 aliphatic rings. The Labute approximate surface area is 122 Å². The van der Waals surface area contributed by atoms with E-state index in [-0.39, 0.29) is 5.92 Å². The fourth-order valence-corrected chi connectivity index (χ4v) is 3.20. The number of nitrogens with one attached hydrogen (secondary N) is 1. The first-order valence-corrected chi connectivity index (χ1v) is 8.02. The van der Waals surface area contributed by atoms with Gasteiger partial charge in [-0.15, -0.1) is 0 Å². The molecule has 0 bridgehead atoms. The molecule has 2 aromatic heterocycles. The van der Waals surface area contributed by atoms with Gasteiger partial charge in [-0.05, 0) is 24.3 Å². The van der Waals surface area contributed by atoms with Crippen LogP contribution >= 0.6 is 11.8 Å². The van der Waals surface area contributed by atoms with E-state index in [1.54, 1.807) is 6.20 Å². The van der Waals surface area contributed by atoms with E-state index >= 15 is 0 Å². The third-order valence-electron chi connectivity index (χ3n) is 3.25. The number of thioether (sulfide) groups is 1. The molecule has 1 fully saturated rings. The largest absolute Gasteiger partial charge is 0.366 e. The molecule has 0 amide bonds. The van der Waals surface area contributed by atoms with Crippen LogP contribution in [0.5, 0.6) is 0 Å². The monoisotopic (exact) mass is 290 g/mol. The van der Waals surface area contributed by atoms with Crippen LogP contribution in [0.3, 0.4) is 0 Å². The van der Waals surface area contributed by atoms with Crippen molar-refractivity contribution in [3.63, 3.8) is 0 Å². The molecule has 0 radical (unpaired) electrons. The second-order valence-corrected chi connectivity index (χ2v) is 6.40. The summed E-state index contributed by atoms with van der Waals surface area (Å²) < 4.78 is 5.26. The number of rotatable bonds is 4. The first-order chi connectivity index (χ1) is 9.72. The summed E-state index contributed by atoms with van der Waals surface area (Å²) in [5.74, 6) is 4.82. The Bertz CT molecular complexity index is 561. The van der Waals surface area contributed by atoms with Gasteiger partial charge in [0.15, 0.2) is 5.82 Å². The van der Waals surface area contributed by atoms with Crippen molar-refractivity contribution in [2.45, 2.75) is 32.2 Å². The lowest BCUT2D eigenvalue weighted by Crippen LogP contribution is -2.18. The maximum atomic E-state index is 5.26. The van der Waals surface area contributed by atoms with E-state index in [4.69, 9.17) is 4.52 Å². The Morgan fingerprint density at radius 1 is 1.40 bits per heavy atom. The van der Waals surface area contributed by atoms with Gasteiger partial charge in [-0.25, -0.2) is 4.98 Å². The fraction of sp³-hybridized carbons (Fsp3) is 0.500. The van der Waals surface area contributed by atoms with Crippen molar-refractivity contribution in [2.24, 2.45) is 0 Å². The van der Waals surface area contributed by atoms with Crippen molar-refractivity contribution in [1.29, 1.82) is 0 Å². The second kappa shape index (κ2) is 5.83. The molecule has 1 saturated heterocycles. The minimum atomic E-state index is 0.265. The van der Waals surface area contributed by atoms with E-state index in [0.29, 0.717) is 11.9 Å². The van der Waals surface area contributed by atoms with Crippen LogP contribution < -0.4 is 5.32 Å². The fourth-order valence-electron chi connectivity index (χ4n) is 2.05. The minimum absolute atomic E-state index is 0.265. The molecular weight excluding hydrogens is 272 g/mol. The molecule has 0 saturated carbocycles. The van der Waals surface area contributed by atoms with Crippen molar-refractivity contribution in [2.75, 3.05) is 16.8 Å². The highest BCUT2D eigenvalue weighted by Crippen LogP contribution is 2.23. The quantitative estimate of drug-likeness (QED) is 0.933. The Morgan fingerprint density at radius 2 is 2.30 bits per heavy atom. The molecule has 1 aliphatic heterocycles. The smallest absolute Gasteiger partial charge is 0.259 e. The van der Waals surface area contributed by atoms with Crippen LogP contribution in [0.2, 0.25) is 0 Å². The molecule has 20 heavy (non-hydrogen) atoms. The molecule has 0 spiro atoms. The normalized spacial score (nSPS) is 18.6. The van der Waals surface area contributed by atoms with Gasteiger partial charge >= 0.3 is 0 Å². The average Bonchev–Trinajstić information content (AvgIpc) is 3.10. The summed E-state index contributed by atoms with van der Waals surface area (Å²) in [6.45, 7) is 4.08. The van der Waals surface area contributed by atoms with E-state index in [2.05, 4.69) is 20.4 Å². The summed E-state index contributed by atoms with van der Waals surface area (Å²) in [7, 11) is 0. The first-order valence-electron chi connectivity index (χ1n) is 6.86. The molecule has 0 aromatic carbocycles. The highest BCUT2D eigenvalue weighted by molar-refractivity contribution is 7.99. The van der Waals surface area contributed by atoms with Gasteiger partial charge in [0.25, 0.3) is 5.89 Å².